The lowest BCUT2D eigenvalue weighted by molar-refractivity contribution is 0.0748. The summed E-state index contributed by atoms with van der Waals surface area (Å²) in [6, 6.07) is 7.19. The average Bonchev–Trinajstić information content (AvgIpc) is 3.02. The van der Waals surface area contributed by atoms with E-state index in [2.05, 4.69) is 4.98 Å². The first kappa shape index (κ1) is 13.2. The minimum atomic E-state index is -2.98. The number of hydrogen-bond donors (Lipinski definition) is 1. The molecule has 3 rings (SSSR count). The van der Waals surface area contributed by atoms with Crippen molar-refractivity contribution in [2.24, 2.45) is 0 Å². The average molecular weight is 292 g/mol. The number of nitrogens with zero attached hydrogens (tertiary/aromatic N) is 1. The van der Waals surface area contributed by atoms with Crippen molar-refractivity contribution in [2.45, 2.75) is 12.5 Å². The number of benzene rings is 1. The third kappa shape index (κ3) is 2.31. The zero-order chi connectivity index (χ0) is 14.3. The van der Waals surface area contributed by atoms with Crippen LogP contribution in [0.15, 0.2) is 30.5 Å². The number of carbonyl (C=O) groups is 1. The summed E-state index contributed by atoms with van der Waals surface area (Å²) >= 11 is 0. The number of H-pyrrole nitrogens is 1. The zero-order valence-corrected chi connectivity index (χ0v) is 12.0. The van der Waals surface area contributed by atoms with Gasteiger partial charge in [-0.2, -0.15) is 0 Å². The van der Waals surface area contributed by atoms with E-state index in [9.17, 15) is 13.2 Å². The first-order valence-corrected chi connectivity index (χ1v) is 8.33. The molecule has 0 spiro atoms. The lowest BCUT2D eigenvalue weighted by atomic mass is 10.1. The molecule has 0 radical (unpaired) electrons. The van der Waals surface area contributed by atoms with Crippen molar-refractivity contribution in [3.63, 3.8) is 0 Å². The molecular weight excluding hydrogens is 276 g/mol. The molecule has 1 amide bonds. The van der Waals surface area contributed by atoms with E-state index in [1.807, 2.05) is 18.3 Å². The summed E-state index contributed by atoms with van der Waals surface area (Å²) in [5.74, 6) is 0.105. The fourth-order valence-electron chi connectivity index (χ4n) is 2.63. The minimum absolute atomic E-state index is 0.0694. The van der Waals surface area contributed by atoms with Gasteiger partial charge in [0.1, 0.15) is 0 Å². The number of hydrogen-bond acceptors (Lipinski definition) is 3. The fraction of sp³-hybridized carbons (Fsp3) is 0.357. The third-order valence-electron chi connectivity index (χ3n) is 3.88. The Morgan fingerprint density at radius 1 is 1.35 bits per heavy atom. The number of carbonyl (C=O) groups excluding carboxylic acids is 1. The van der Waals surface area contributed by atoms with E-state index < -0.39 is 9.84 Å². The van der Waals surface area contributed by atoms with Crippen molar-refractivity contribution >= 4 is 26.6 Å². The van der Waals surface area contributed by atoms with Crippen molar-refractivity contribution in [2.75, 3.05) is 18.6 Å². The van der Waals surface area contributed by atoms with Gasteiger partial charge in [0.25, 0.3) is 5.91 Å². The van der Waals surface area contributed by atoms with Gasteiger partial charge < -0.3 is 9.88 Å². The maximum atomic E-state index is 12.4. The van der Waals surface area contributed by atoms with Gasteiger partial charge in [0.05, 0.1) is 11.5 Å². The lowest BCUT2D eigenvalue weighted by Gasteiger charge is -2.23. The van der Waals surface area contributed by atoms with Gasteiger partial charge in [-0.3, -0.25) is 4.79 Å². The Morgan fingerprint density at radius 3 is 2.85 bits per heavy atom. The predicted molar refractivity (Wildman–Crippen MR) is 77.5 cm³/mol. The van der Waals surface area contributed by atoms with Crippen LogP contribution in [0.1, 0.15) is 16.8 Å². The Balaban J connectivity index is 1.84. The molecule has 0 saturated carbocycles. The standard InChI is InChI=1S/C14H16N2O3S/c1-16(12-5-7-20(18,19)9-12)14(17)11-3-2-10-4-6-15-13(10)8-11/h2-4,6,8,12,15H,5,7,9H2,1H3. The Morgan fingerprint density at radius 2 is 2.15 bits per heavy atom. The van der Waals surface area contributed by atoms with Crippen LogP contribution >= 0.6 is 0 Å². The Hall–Kier alpha value is -1.82. The second kappa shape index (κ2) is 4.63. The SMILES string of the molecule is CN(C(=O)c1ccc2cc[nH]c2c1)C1CCS(=O)(=O)C1. The summed E-state index contributed by atoms with van der Waals surface area (Å²) in [7, 11) is -1.31. The first-order chi connectivity index (χ1) is 9.46. The molecule has 1 unspecified atom stereocenters. The van der Waals surface area contributed by atoms with E-state index in [-0.39, 0.29) is 23.5 Å². The van der Waals surface area contributed by atoms with Crippen LogP contribution in [-0.4, -0.2) is 48.8 Å². The quantitative estimate of drug-likeness (QED) is 0.910. The van der Waals surface area contributed by atoms with Gasteiger partial charge in [0.2, 0.25) is 0 Å². The Bertz CT molecular complexity index is 764. The van der Waals surface area contributed by atoms with Gasteiger partial charge in [0, 0.05) is 30.4 Å². The van der Waals surface area contributed by atoms with Crippen molar-refractivity contribution in [1.29, 1.82) is 0 Å². The van der Waals surface area contributed by atoms with Gasteiger partial charge in [-0.25, -0.2) is 8.42 Å². The van der Waals surface area contributed by atoms with Crippen molar-refractivity contribution in [3.8, 4) is 0 Å². The predicted octanol–water partition coefficient (Wildman–Crippen LogP) is 1.43. The van der Waals surface area contributed by atoms with Crippen LogP contribution in [0.2, 0.25) is 0 Å². The Kier molecular flexibility index (Phi) is 3.05. The molecule has 1 aromatic carbocycles. The molecule has 1 saturated heterocycles. The monoisotopic (exact) mass is 292 g/mol. The van der Waals surface area contributed by atoms with E-state index in [4.69, 9.17) is 0 Å². The number of aromatic amines is 1. The van der Waals surface area contributed by atoms with Crippen molar-refractivity contribution in [1.82, 2.24) is 9.88 Å². The first-order valence-electron chi connectivity index (χ1n) is 6.51. The summed E-state index contributed by atoms with van der Waals surface area (Å²) in [4.78, 5) is 17.0. The van der Waals surface area contributed by atoms with Crippen molar-refractivity contribution in [3.05, 3.63) is 36.0 Å². The third-order valence-corrected chi connectivity index (χ3v) is 5.63. The molecule has 1 atom stereocenters. The molecule has 0 aliphatic carbocycles. The molecule has 1 aromatic heterocycles. The number of amides is 1. The van der Waals surface area contributed by atoms with E-state index in [0.29, 0.717) is 12.0 Å². The summed E-state index contributed by atoms with van der Waals surface area (Å²) in [5, 5.41) is 1.05. The van der Waals surface area contributed by atoms with Gasteiger partial charge in [-0.1, -0.05) is 6.07 Å². The molecule has 1 N–H and O–H groups in total. The van der Waals surface area contributed by atoms with Gasteiger partial charge in [-0.05, 0) is 30.0 Å². The molecule has 1 fully saturated rings. The lowest BCUT2D eigenvalue weighted by Crippen LogP contribution is -2.37. The largest absolute Gasteiger partial charge is 0.361 e. The second-order valence-corrected chi connectivity index (χ2v) is 7.48. The van der Waals surface area contributed by atoms with Crippen LogP contribution in [-0.2, 0) is 9.84 Å². The van der Waals surface area contributed by atoms with Crippen LogP contribution in [0.5, 0.6) is 0 Å². The van der Waals surface area contributed by atoms with Crippen molar-refractivity contribution < 1.29 is 13.2 Å². The van der Waals surface area contributed by atoms with E-state index >= 15 is 0 Å². The molecule has 2 heterocycles. The molecule has 2 aromatic rings. The van der Waals surface area contributed by atoms with E-state index in [0.717, 1.165) is 10.9 Å². The van der Waals surface area contributed by atoms with E-state index in [1.165, 1.54) is 0 Å². The van der Waals surface area contributed by atoms with Crippen LogP contribution < -0.4 is 0 Å². The van der Waals surface area contributed by atoms with Gasteiger partial charge in [0.15, 0.2) is 9.84 Å². The number of sulfone groups is 1. The molecule has 5 nitrogen and oxygen atoms in total. The molecule has 106 valence electrons. The normalized spacial score (nSPS) is 21.1. The summed E-state index contributed by atoms with van der Waals surface area (Å²) in [5.41, 5.74) is 1.48. The fourth-order valence-corrected chi connectivity index (χ4v) is 4.41. The smallest absolute Gasteiger partial charge is 0.253 e. The molecule has 6 heteroatoms. The maximum Gasteiger partial charge on any atom is 0.253 e. The Labute approximate surface area is 117 Å². The number of nitrogens with one attached hydrogen (secondary N) is 1. The molecule has 1 aliphatic heterocycles. The highest BCUT2D eigenvalue weighted by Crippen LogP contribution is 2.20. The second-order valence-electron chi connectivity index (χ2n) is 5.25. The van der Waals surface area contributed by atoms with Crippen LogP contribution in [0.4, 0.5) is 0 Å². The summed E-state index contributed by atoms with van der Waals surface area (Å²) in [6.07, 6.45) is 2.35. The zero-order valence-electron chi connectivity index (χ0n) is 11.2. The minimum Gasteiger partial charge on any atom is -0.361 e. The number of fused-ring (bicyclic) bond motifs is 1. The highest BCUT2D eigenvalue weighted by atomic mass is 32.2. The topological polar surface area (TPSA) is 70.2 Å². The summed E-state index contributed by atoms with van der Waals surface area (Å²) < 4.78 is 23.0. The van der Waals surface area contributed by atoms with Gasteiger partial charge in [-0.15, -0.1) is 0 Å². The molecule has 20 heavy (non-hydrogen) atoms. The van der Waals surface area contributed by atoms with Gasteiger partial charge >= 0.3 is 0 Å². The highest BCUT2D eigenvalue weighted by Gasteiger charge is 2.33. The van der Waals surface area contributed by atoms with Crippen LogP contribution in [0.25, 0.3) is 10.9 Å². The van der Waals surface area contributed by atoms with Crippen LogP contribution in [0.3, 0.4) is 0 Å². The highest BCUT2D eigenvalue weighted by molar-refractivity contribution is 7.91. The maximum absolute atomic E-state index is 12.4. The van der Waals surface area contributed by atoms with E-state index in [1.54, 1.807) is 24.1 Å². The summed E-state index contributed by atoms with van der Waals surface area (Å²) in [6.45, 7) is 0. The molecular formula is C14H16N2O3S. The number of aromatic nitrogens is 1. The molecule has 0 bridgehead atoms. The molecule has 1 aliphatic rings. The number of rotatable bonds is 2. The van der Waals surface area contributed by atoms with Crippen LogP contribution in [0, 0.1) is 0 Å².